The van der Waals surface area contributed by atoms with Crippen molar-refractivity contribution in [3.05, 3.63) is 29.8 Å². The highest BCUT2D eigenvalue weighted by molar-refractivity contribution is 7.80. The number of benzene rings is 1. The number of aldehydes is 1. The van der Waals surface area contributed by atoms with Crippen molar-refractivity contribution < 1.29 is 21.9 Å². The number of hydrogen-bond donors (Lipinski definition) is 1. The molecule has 1 N–H and O–H groups in total. The maximum Gasteiger partial charge on any atom is 0.397 e. The minimum atomic E-state index is -4.17. The number of nitrogens with zero attached hydrogens (tertiary/aromatic N) is 1. The van der Waals surface area contributed by atoms with Crippen LogP contribution < -0.4 is 4.90 Å². The van der Waals surface area contributed by atoms with Crippen LogP contribution in [0.4, 0.5) is 5.69 Å². The number of carbonyl (C=O) groups excluding carboxylic acids is 1. The highest BCUT2D eigenvalue weighted by atomic mass is 32.3. The average molecular weight is 275 g/mol. The van der Waals surface area contributed by atoms with E-state index in [4.69, 9.17) is 4.55 Å². The second kappa shape index (κ2) is 7.80. The van der Waals surface area contributed by atoms with Gasteiger partial charge in [-0.1, -0.05) is 0 Å². The normalized spacial score (nSPS) is 10.2. The van der Waals surface area contributed by atoms with E-state index in [0.29, 0.717) is 0 Å². The summed E-state index contributed by atoms with van der Waals surface area (Å²) in [6.45, 7) is 1.44. The molecule has 0 aliphatic carbocycles. The smallest absolute Gasteiger partial charge is 0.378 e. The number of anilines is 1. The third kappa shape index (κ3) is 7.77. The number of hydrogen-bond acceptors (Lipinski definition) is 5. The van der Waals surface area contributed by atoms with Gasteiger partial charge in [-0.05, 0) is 31.2 Å². The van der Waals surface area contributed by atoms with Crippen LogP contribution in [0.5, 0.6) is 0 Å². The van der Waals surface area contributed by atoms with Gasteiger partial charge in [-0.15, -0.1) is 0 Å². The maximum absolute atomic E-state index is 10.3. The van der Waals surface area contributed by atoms with Crippen LogP contribution >= 0.6 is 0 Å². The van der Waals surface area contributed by atoms with Crippen molar-refractivity contribution in [3.8, 4) is 0 Å². The molecule has 0 aliphatic heterocycles. The minimum Gasteiger partial charge on any atom is -0.378 e. The minimum absolute atomic E-state index is 0.0289. The molecule has 0 heterocycles. The highest BCUT2D eigenvalue weighted by Gasteiger charge is 1.98. The molecular weight excluding hydrogens is 258 g/mol. The molecule has 0 radical (unpaired) electrons. The van der Waals surface area contributed by atoms with Crippen LogP contribution in [0.2, 0.25) is 0 Å². The summed E-state index contributed by atoms with van der Waals surface area (Å²) in [4.78, 5) is 12.3. The van der Waals surface area contributed by atoms with E-state index in [2.05, 4.69) is 4.18 Å². The van der Waals surface area contributed by atoms with E-state index < -0.39 is 10.4 Å². The summed E-state index contributed by atoms with van der Waals surface area (Å²) in [5, 5.41) is 0. The van der Waals surface area contributed by atoms with Crippen molar-refractivity contribution in [2.75, 3.05) is 25.6 Å². The topological polar surface area (TPSA) is 83.9 Å². The van der Waals surface area contributed by atoms with Crippen molar-refractivity contribution in [3.63, 3.8) is 0 Å². The molecular formula is C11H17NO5S. The first-order valence-corrected chi connectivity index (χ1v) is 6.51. The monoisotopic (exact) mass is 275 g/mol. The van der Waals surface area contributed by atoms with E-state index in [9.17, 15) is 13.2 Å². The van der Waals surface area contributed by atoms with Crippen molar-refractivity contribution >= 4 is 22.4 Å². The molecule has 1 rings (SSSR count). The molecule has 0 saturated heterocycles. The fraction of sp³-hybridized carbons (Fsp3) is 0.364. The first-order valence-electron chi connectivity index (χ1n) is 5.14. The average Bonchev–Trinajstić information content (AvgIpc) is 2.28. The molecule has 1 aromatic carbocycles. The van der Waals surface area contributed by atoms with Gasteiger partial charge in [-0.25, -0.2) is 4.18 Å². The van der Waals surface area contributed by atoms with Crippen molar-refractivity contribution in [2.24, 2.45) is 0 Å². The first-order chi connectivity index (χ1) is 8.30. The van der Waals surface area contributed by atoms with Gasteiger partial charge in [0.2, 0.25) is 0 Å². The molecule has 1 aromatic rings. The third-order valence-electron chi connectivity index (χ3n) is 1.81. The Balaban J connectivity index is 0.000000360. The lowest BCUT2D eigenvalue weighted by Gasteiger charge is -2.11. The zero-order chi connectivity index (χ0) is 14.2. The lowest BCUT2D eigenvalue weighted by atomic mass is 10.2. The van der Waals surface area contributed by atoms with Crippen molar-refractivity contribution in [1.82, 2.24) is 0 Å². The Labute approximate surface area is 107 Å². The molecule has 0 saturated carbocycles. The SMILES string of the molecule is CCOS(=O)(=O)O.CN(C)c1ccc(C=O)cc1. The van der Waals surface area contributed by atoms with Crippen LogP contribution in [0.1, 0.15) is 17.3 Å². The van der Waals surface area contributed by atoms with Crippen LogP contribution in [0.3, 0.4) is 0 Å². The van der Waals surface area contributed by atoms with Crippen molar-refractivity contribution in [2.45, 2.75) is 6.92 Å². The Morgan fingerprint density at radius 1 is 1.28 bits per heavy atom. The van der Waals surface area contributed by atoms with E-state index in [0.717, 1.165) is 17.5 Å². The van der Waals surface area contributed by atoms with Crippen LogP contribution in [0.25, 0.3) is 0 Å². The Hall–Kier alpha value is -1.44. The van der Waals surface area contributed by atoms with E-state index in [-0.39, 0.29) is 6.61 Å². The Morgan fingerprint density at radius 3 is 2.00 bits per heavy atom. The summed E-state index contributed by atoms with van der Waals surface area (Å²) in [6.07, 6.45) is 0.847. The molecule has 0 bridgehead atoms. The summed E-state index contributed by atoms with van der Waals surface area (Å²) in [7, 11) is -0.238. The van der Waals surface area contributed by atoms with Crippen LogP contribution in [0.15, 0.2) is 24.3 Å². The molecule has 18 heavy (non-hydrogen) atoms. The standard InChI is InChI=1S/C9H11NO.C2H6O4S/c1-10(2)9-5-3-8(7-11)4-6-9;1-2-6-7(3,4)5/h3-7H,1-2H3;2H2,1H3,(H,3,4,5). The van der Waals surface area contributed by atoms with Crippen LogP contribution in [0, 0.1) is 0 Å². The lowest BCUT2D eigenvalue weighted by molar-refractivity contribution is 0.112. The Bertz CT molecular complexity index is 453. The molecule has 7 heteroatoms. The van der Waals surface area contributed by atoms with Gasteiger partial charge >= 0.3 is 10.4 Å². The van der Waals surface area contributed by atoms with Crippen LogP contribution in [-0.2, 0) is 14.6 Å². The van der Waals surface area contributed by atoms with E-state index in [1.54, 1.807) is 0 Å². The maximum atomic E-state index is 10.3. The summed E-state index contributed by atoms with van der Waals surface area (Å²) >= 11 is 0. The van der Waals surface area contributed by atoms with Gasteiger partial charge < -0.3 is 4.90 Å². The van der Waals surface area contributed by atoms with Crippen LogP contribution in [-0.4, -0.2) is 40.0 Å². The van der Waals surface area contributed by atoms with E-state index in [1.807, 2.05) is 43.3 Å². The Morgan fingerprint density at radius 2 is 1.78 bits per heavy atom. The van der Waals surface area contributed by atoms with Gasteiger partial charge in [0, 0.05) is 25.3 Å². The molecule has 6 nitrogen and oxygen atoms in total. The zero-order valence-corrected chi connectivity index (χ0v) is 11.3. The number of carbonyl (C=O) groups is 1. The van der Waals surface area contributed by atoms with E-state index in [1.165, 1.54) is 6.92 Å². The van der Waals surface area contributed by atoms with Gasteiger partial charge in [0.1, 0.15) is 6.29 Å². The lowest BCUT2D eigenvalue weighted by Crippen LogP contribution is -2.08. The molecule has 0 unspecified atom stereocenters. The van der Waals surface area contributed by atoms with Gasteiger partial charge in [-0.2, -0.15) is 8.42 Å². The largest absolute Gasteiger partial charge is 0.397 e. The molecule has 0 amide bonds. The number of rotatable bonds is 4. The van der Waals surface area contributed by atoms with Crippen molar-refractivity contribution in [1.29, 1.82) is 0 Å². The second-order valence-electron chi connectivity index (χ2n) is 3.44. The highest BCUT2D eigenvalue weighted by Crippen LogP contribution is 2.10. The van der Waals surface area contributed by atoms with Gasteiger partial charge in [0.15, 0.2) is 0 Å². The summed E-state index contributed by atoms with van der Waals surface area (Å²) < 4.78 is 30.7. The molecule has 0 atom stereocenters. The summed E-state index contributed by atoms with van der Waals surface area (Å²) in [5.74, 6) is 0. The molecule has 0 spiro atoms. The van der Waals surface area contributed by atoms with Gasteiger partial charge in [0.25, 0.3) is 0 Å². The summed E-state index contributed by atoms with van der Waals surface area (Å²) in [5.41, 5.74) is 1.83. The molecule has 0 aromatic heterocycles. The summed E-state index contributed by atoms with van der Waals surface area (Å²) in [6, 6.07) is 7.46. The third-order valence-corrected chi connectivity index (χ3v) is 2.35. The Kier molecular flexibility index (Phi) is 7.18. The molecule has 0 fully saturated rings. The molecule has 0 aliphatic rings. The zero-order valence-electron chi connectivity index (χ0n) is 10.5. The molecule has 102 valence electrons. The van der Waals surface area contributed by atoms with Gasteiger partial charge in [0.05, 0.1) is 6.61 Å². The van der Waals surface area contributed by atoms with E-state index >= 15 is 0 Å². The second-order valence-corrected chi connectivity index (χ2v) is 4.53. The predicted molar refractivity (Wildman–Crippen MR) is 69.3 cm³/mol. The van der Waals surface area contributed by atoms with Gasteiger partial charge in [-0.3, -0.25) is 9.35 Å². The quantitative estimate of drug-likeness (QED) is 0.660. The fourth-order valence-corrected chi connectivity index (χ4v) is 1.30. The fourth-order valence-electron chi connectivity index (χ4n) is 1.000. The first kappa shape index (κ1) is 16.6. The predicted octanol–water partition coefficient (Wildman–Crippen LogP) is 1.39.